The average molecular weight is 576 g/mol. The van der Waals surface area contributed by atoms with Gasteiger partial charge in [0, 0.05) is 0 Å². The maximum absolute atomic E-state index is 12.5. The smallest absolute Gasteiger partial charge is 0.480 e. The van der Waals surface area contributed by atoms with E-state index in [1.807, 2.05) is 76.9 Å². The van der Waals surface area contributed by atoms with E-state index in [2.05, 4.69) is 4.18 Å². The molecule has 1 unspecified atom stereocenters. The number of rotatable bonds is 11. The molecule has 0 spiro atoms. The lowest BCUT2D eigenvalue weighted by Crippen LogP contribution is -2.32. The molecule has 0 saturated heterocycles. The highest BCUT2D eigenvalue weighted by molar-refractivity contribution is 8.10. The summed E-state index contributed by atoms with van der Waals surface area (Å²) in [5.74, 6) is -0.195. The molecule has 1 atom stereocenters. The van der Waals surface area contributed by atoms with Gasteiger partial charge in [0.25, 0.3) is 0 Å². The molecular weight excluding hydrogens is 551 g/mol. The molecule has 0 heterocycles. The first-order valence-corrected chi connectivity index (χ1v) is 14.9. The first-order valence-electron chi connectivity index (χ1n) is 10.8. The molecule has 0 radical (unpaired) electrons. The van der Waals surface area contributed by atoms with Crippen LogP contribution >= 0.6 is 0 Å². The Hall–Kier alpha value is -2.58. The lowest BCUT2D eigenvalue weighted by Gasteiger charge is -2.27. The molecule has 3 aromatic carbocycles. The largest absolute Gasteiger partial charge is 0.491 e. The van der Waals surface area contributed by atoms with Gasteiger partial charge >= 0.3 is 5.51 Å². The number of ether oxygens (including phenoxy) is 1. The van der Waals surface area contributed by atoms with Crippen molar-refractivity contribution in [3.8, 4) is 5.75 Å². The molecule has 0 aromatic heterocycles. The van der Waals surface area contributed by atoms with Gasteiger partial charge < -0.3 is 8.86 Å². The summed E-state index contributed by atoms with van der Waals surface area (Å²) in [6, 6.07) is 27.0. The Morgan fingerprint density at radius 1 is 0.784 bits per heavy atom. The van der Waals surface area contributed by atoms with Gasteiger partial charge in [0.05, 0.1) is 10.9 Å². The molecule has 3 aromatic rings. The fourth-order valence-electron chi connectivity index (χ4n) is 3.04. The minimum absolute atomic E-state index is 0.361. The first-order chi connectivity index (χ1) is 17.3. The highest BCUT2D eigenvalue weighted by Gasteiger charge is 2.41. The summed E-state index contributed by atoms with van der Waals surface area (Å²) in [7, 11) is -12.1. The number of alkyl halides is 3. The summed E-state index contributed by atoms with van der Waals surface area (Å²) in [6.45, 7) is 2.70. The maximum atomic E-state index is 12.5. The van der Waals surface area contributed by atoms with Gasteiger partial charge in [0.1, 0.15) is 18.5 Å². The number of halogens is 3. The van der Waals surface area contributed by atoms with E-state index in [9.17, 15) is 30.0 Å². The Bertz CT molecular complexity index is 1330. The predicted molar refractivity (Wildman–Crippen MR) is 134 cm³/mol. The summed E-state index contributed by atoms with van der Waals surface area (Å²) in [5, 5.41) is 0. The Labute approximate surface area is 217 Å². The van der Waals surface area contributed by atoms with E-state index in [-0.39, 0.29) is 6.61 Å². The molecule has 0 fully saturated rings. The summed E-state index contributed by atoms with van der Waals surface area (Å²) < 4.78 is 95.7. The number of hydrogen-bond acceptors (Lipinski definition) is 6. The van der Waals surface area contributed by atoms with Gasteiger partial charge in [-0.3, -0.25) is 4.18 Å². The van der Waals surface area contributed by atoms with E-state index < -0.39 is 48.8 Å². The van der Waals surface area contributed by atoms with Gasteiger partial charge in [-0.1, -0.05) is 50.2 Å². The summed E-state index contributed by atoms with van der Waals surface area (Å²) >= 11 is 0. The second-order valence-corrected chi connectivity index (χ2v) is 13.1. The summed E-state index contributed by atoms with van der Waals surface area (Å²) in [6.07, 6.45) is -1.29. The number of benzene rings is 3. The fourth-order valence-corrected chi connectivity index (χ4v) is 7.15. The molecule has 3 rings (SSSR count). The molecule has 0 N–H and O–H groups in total. The SMILES string of the molecule is CC(C)C(COc1ccc([S+](c2ccccc2)c2ccccc2)cc1)OS(=O)(=O)[N-]S(=O)(=O)C(F)(F)F. The van der Waals surface area contributed by atoms with Gasteiger partial charge in [-0.25, -0.2) is 16.8 Å². The maximum Gasteiger partial charge on any atom is 0.480 e. The van der Waals surface area contributed by atoms with Gasteiger partial charge in [-0.2, -0.15) is 13.2 Å². The van der Waals surface area contributed by atoms with Gasteiger partial charge in [-0.05, 0) is 54.4 Å². The summed E-state index contributed by atoms with van der Waals surface area (Å²) in [4.78, 5) is 3.22. The molecule has 200 valence electrons. The Morgan fingerprint density at radius 2 is 1.24 bits per heavy atom. The molecule has 0 aliphatic carbocycles. The Kier molecular flexibility index (Phi) is 9.29. The van der Waals surface area contributed by atoms with Crippen LogP contribution < -0.4 is 4.74 Å². The van der Waals surface area contributed by atoms with Crippen LogP contribution in [0, 0.1) is 5.92 Å². The van der Waals surface area contributed by atoms with Crippen LogP contribution in [0.25, 0.3) is 4.13 Å². The number of sulfonamides is 1. The third kappa shape index (κ3) is 7.95. The average Bonchev–Trinajstić information content (AvgIpc) is 2.82. The third-order valence-corrected chi connectivity index (χ3v) is 9.72. The number of nitrogens with zero attached hydrogens (tertiary/aromatic N) is 1. The zero-order chi connectivity index (χ0) is 27.3. The molecule has 7 nitrogen and oxygen atoms in total. The fraction of sp³-hybridized carbons (Fsp3) is 0.250. The van der Waals surface area contributed by atoms with Crippen LogP contribution in [0.1, 0.15) is 13.8 Å². The van der Waals surface area contributed by atoms with E-state index in [1.54, 1.807) is 12.1 Å². The third-order valence-electron chi connectivity index (χ3n) is 4.90. The zero-order valence-electron chi connectivity index (χ0n) is 19.7. The van der Waals surface area contributed by atoms with Crippen molar-refractivity contribution >= 4 is 31.2 Å². The lowest BCUT2D eigenvalue weighted by molar-refractivity contribution is -0.0425. The van der Waals surface area contributed by atoms with E-state index in [0.29, 0.717) is 5.75 Å². The van der Waals surface area contributed by atoms with Crippen molar-refractivity contribution < 1.29 is 38.9 Å². The molecule has 0 bridgehead atoms. The quantitative estimate of drug-likeness (QED) is 0.273. The van der Waals surface area contributed by atoms with Crippen LogP contribution in [0.4, 0.5) is 13.2 Å². The van der Waals surface area contributed by atoms with Gasteiger partial charge in [0.2, 0.25) is 10.3 Å². The molecule has 37 heavy (non-hydrogen) atoms. The lowest BCUT2D eigenvalue weighted by atomic mass is 10.1. The van der Waals surface area contributed by atoms with E-state index in [0.717, 1.165) is 14.7 Å². The van der Waals surface area contributed by atoms with Crippen molar-refractivity contribution in [2.45, 2.75) is 40.1 Å². The highest BCUT2D eigenvalue weighted by Crippen LogP contribution is 2.33. The van der Waals surface area contributed by atoms with Crippen molar-refractivity contribution in [3.05, 3.63) is 89.1 Å². The summed E-state index contributed by atoms with van der Waals surface area (Å²) in [5.41, 5.74) is -5.87. The van der Waals surface area contributed by atoms with Crippen LogP contribution in [-0.4, -0.2) is 35.1 Å². The first kappa shape index (κ1) is 29.0. The topological polar surface area (TPSA) is 101 Å². The molecule has 0 amide bonds. The Balaban J connectivity index is 1.74. The van der Waals surface area contributed by atoms with Crippen molar-refractivity contribution in [1.29, 1.82) is 0 Å². The molecule has 0 aliphatic rings. The predicted octanol–water partition coefficient (Wildman–Crippen LogP) is 5.67. The zero-order valence-corrected chi connectivity index (χ0v) is 22.1. The monoisotopic (exact) mass is 575 g/mol. The van der Waals surface area contributed by atoms with E-state index >= 15 is 0 Å². The number of hydrogen-bond donors (Lipinski definition) is 0. The second-order valence-electron chi connectivity index (χ2n) is 8.02. The van der Waals surface area contributed by atoms with Crippen LogP contribution in [0.3, 0.4) is 0 Å². The van der Waals surface area contributed by atoms with Gasteiger partial charge in [0.15, 0.2) is 24.7 Å². The van der Waals surface area contributed by atoms with Gasteiger partial charge in [-0.15, -0.1) is 0 Å². The molecular formula is C24H24F3NO6S3. The van der Waals surface area contributed by atoms with Crippen LogP contribution in [0.5, 0.6) is 5.75 Å². The molecule has 0 saturated carbocycles. The minimum Gasteiger partial charge on any atom is -0.491 e. The minimum atomic E-state index is -6.28. The standard InChI is InChI=1S/C24H24F3NO6S3/c1-18(2)23(34-37(31,32)28-36(29,30)24(25,26)27)17-33-19-13-15-22(16-14-19)35(20-9-5-3-6-10-20)21-11-7-4-8-12-21/h3-16,18,23H,17H2,1-2H3. The van der Waals surface area contributed by atoms with Crippen LogP contribution in [-0.2, 0) is 35.4 Å². The van der Waals surface area contributed by atoms with Crippen molar-refractivity contribution in [2.24, 2.45) is 5.92 Å². The molecule has 0 aliphatic heterocycles. The van der Waals surface area contributed by atoms with Crippen LogP contribution in [0.15, 0.2) is 99.6 Å². The molecule has 13 heteroatoms. The van der Waals surface area contributed by atoms with Crippen molar-refractivity contribution in [3.63, 3.8) is 0 Å². The normalized spacial score (nSPS) is 13.6. The van der Waals surface area contributed by atoms with E-state index in [4.69, 9.17) is 4.74 Å². The van der Waals surface area contributed by atoms with E-state index in [1.165, 1.54) is 13.8 Å². The Morgan fingerprint density at radius 3 is 1.68 bits per heavy atom. The highest BCUT2D eigenvalue weighted by atomic mass is 32.3. The second kappa shape index (κ2) is 11.9. The van der Waals surface area contributed by atoms with Crippen LogP contribution in [0.2, 0.25) is 0 Å². The van der Waals surface area contributed by atoms with Crippen molar-refractivity contribution in [2.75, 3.05) is 6.61 Å². The van der Waals surface area contributed by atoms with Crippen molar-refractivity contribution in [1.82, 2.24) is 0 Å².